The van der Waals surface area contributed by atoms with E-state index in [9.17, 15) is 0 Å². The SMILES string of the molecule is CC(Cl)C[Si](C)(C)Cl.CC(Cl)C[Si](C)(C)Cl.CCC(C)Cl.CCC(C)Cl.CCC(Cl)[Si](C)(C)Cl.CCC(Cl)[Si](C)(C)Cl.CCC[Si](C)(C)Cl.CCC[Si](C)(C)Cl.CCO.CCO[Si](C)(C)CCCCl.C[Si](C)(Cl)CCCCl.C[Si](C)(Cl)CCCCl.C[Si](C)(Cl)Cl. The van der Waals surface area contributed by atoms with Gasteiger partial charge < -0.3 is 9.53 Å². The molecule has 0 aliphatic heterocycles. The van der Waals surface area contributed by atoms with Crippen molar-refractivity contribution in [2.45, 2.75) is 346 Å². The van der Waals surface area contributed by atoms with Crippen LogP contribution in [0.3, 0.4) is 0 Å². The van der Waals surface area contributed by atoms with Gasteiger partial charge in [-0.05, 0) is 155 Å². The second-order valence-electron chi connectivity index (χ2n) is 27.3. The van der Waals surface area contributed by atoms with E-state index in [1.54, 1.807) is 6.92 Å². The average molecular weight is 1840 g/mol. The maximum absolute atomic E-state index is 7.57. The Morgan fingerprint density at radius 2 is 0.511 bits per heavy atom. The Labute approximate surface area is 667 Å². The normalized spacial score (nSPS) is 13.6. The van der Waals surface area contributed by atoms with Crippen molar-refractivity contribution in [2.75, 3.05) is 30.9 Å². The van der Waals surface area contributed by atoms with E-state index in [-0.39, 0.29) is 27.4 Å². The summed E-state index contributed by atoms with van der Waals surface area (Å²) < 4.78 is 5.61. The summed E-state index contributed by atoms with van der Waals surface area (Å²) in [7, 11) is -12.1. The molecular weight excluding hydrogens is 1700 g/mol. The third kappa shape index (κ3) is 205. The van der Waals surface area contributed by atoms with Gasteiger partial charge in [-0.25, -0.2) is 0 Å². The Morgan fingerprint density at radius 3 is 0.567 bits per heavy atom. The Hall–Kier alpha value is 7.60. The van der Waals surface area contributed by atoms with Gasteiger partial charge in [0.05, 0.1) is 0 Å². The Kier molecular flexibility index (Phi) is 108. The lowest BCUT2D eigenvalue weighted by Gasteiger charge is -2.20. The molecule has 0 spiro atoms. The molecule has 31 heteroatoms. The van der Waals surface area contributed by atoms with Crippen molar-refractivity contribution >= 4 is 289 Å². The first-order valence-electron chi connectivity index (χ1n) is 32.3. The molecule has 0 fully saturated rings. The van der Waals surface area contributed by atoms with Crippen LogP contribution in [0.1, 0.15) is 141 Å². The number of alkyl halides is 9. The first-order valence-corrected chi connectivity index (χ1v) is 78.1. The molecule has 90 heavy (non-hydrogen) atoms. The monoisotopic (exact) mass is 1830 g/mol. The minimum Gasteiger partial charge on any atom is -0.418 e. The number of halogens is 19. The van der Waals surface area contributed by atoms with Crippen molar-refractivity contribution in [3.8, 4) is 0 Å². The second-order valence-corrected chi connectivity index (χ2v) is 102. The molecule has 0 aromatic heterocycles. The summed E-state index contributed by atoms with van der Waals surface area (Å²) in [6, 6.07) is 7.94. The van der Waals surface area contributed by atoms with Gasteiger partial charge in [-0.15, -0.1) is 127 Å². The van der Waals surface area contributed by atoms with Crippen molar-refractivity contribution in [2.24, 2.45) is 0 Å². The molecule has 0 aliphatic carbocycles. The summed E-state index contributed by atoms with van der Waals surface area (Å²) >= 11 is 109. The summed E-state index contributed by atoms with van der Waals surface area (Å²) in [6.45, 7) is 65.9. The van der Waals surface area contributed by atoms with E-state index in [0.29, 0.717) is 10.8 Å². The molecule has 566 valence electrons. The topological polar surface area (TPSA) is 29.5 Å². The molecule has 0 radical (unpaired) electrons. The summed E-state index contributed by atoms with van der Waals surface area (Å²) in [5.74, 6) is 2.27. The predicted octanol–water partition coefficient (Wildman–Crippen LogP) is 33.0. The second kappa shape index (κ2) is 76.3. The molecule has 0 saturated heterocycles. The van der Waals surface area contributed by atoms with Crippen LogP contribution in [0.2, 0.25) is 173 Å². The lowest BCUT2D eigenvalue weighted by molar-refractivity contribution is 0.318. The fourth-order valence-electron chi connectivity index (χ4n) is 5.43. The van der Waals surface area contributed by atoms with E-state index in [1.165, 1.54) is 31.0 Å². The molecule has 1 N–H and O–H groups in total. The van der Waals surface area contributed by atoms with Gasteiger partial charge >= 0.3 is 0 Å². The molecule has 6 unspecified atom stereocenters. The Balaban J connectivity index is -0.0000000653. The van der Waals surface area contributed by atoms with Crippen LogP contribution in [0, 0.1) is 0 Å². The minimum absolute atomic E-state index is 0.226. The van der Waals surface area contributed by atoms with Gasteiger partial charge in [0.25, 0.3) is 0 Å². The third-order valence-electron chi connectivity index (χ3n) is 9.81. The fourth-order valence-corrected chi connectivity index (χ4v) is 24.5. The molecule has 0 aromatic carbocycles. The lowest BCUT2D eigenvalue weighted by Crippen LogP contribution is -2.30. The number of aliphatic hydroxyl groups is 1. The molecule has 0 saturated carbocycles. The van der Waals surface area contributed by atoms with Crippen LogP contribution in [0.25, 0.3) is 0 Å². The van der Waals surface area contributed by atoms with E-state index in [2.05, 4.69) is 166 Å². The first-order chi connectivity index (χ1) is 39.6. The van der Waals surface area contributed by atoms with Crippen LogP contribution in [0.4, 0.5) is 0 Å². The van der Waals surface area contributed by atoms with Gasteiger partial charge in [-0.2, -0.15) is 88.6 Å². The lowest BCUT2D eigenvalue weighted by atomic mass is 10.4. The minimum atomic E-state index is -1.67. The van der Waals surface area contributed by atoms with Crippen LogP contribution in [0.5, 0.6) is 0 Å². The standard InChI is InChI=1S/C7H17ClOSi.6C5H12Cl2Si.2C5H13ClSi.2C4H9Cl.C2H6Cl2Si.C2H6O/c1-4-9-10(2,3)7-5-6-8;2*1-5(6)4-8(2,3)7;2*1-8(2,7)5-3-4-6;2*1-4-5(6)8(2,3)7;2*1-4-5-7(2,3)6;2*1-3-4(2)5;1-5(2,3)4;1-2-3/h4-7H2,1-3H3;2*5H,4H2,1-3H3;2*3-5H2,1-2H3;2*5H,4H2,1-3H3;2*4-5H2,1-3H3;2*4H,3H2,1-2H3;1-2H3;3H,2H2,1H3. The van der Waals surface area contributed by atoms with E-state index < -0.39 is 74.1 Å². The van der Waals surface area contributed by atoms with E-state index in [1.807, 2.05) is 40.8 Å². The van der Waals surface area contributed by atoms with Crippen molar-refractivity contribution in [3.63, 3.8) is 0 Å². The molecular formula is C59H145Cl19O2Si10. The maximum Gasteiger partial charge on any atom is 0.245 e. The van der Waals surface area contributed by atoms with Crippen molar-refractivity contribution in [1.82, 2.24) is 0 Å². The predicted molar refractivity (Wildman–Crippen MR) is 480 cm³/mol. The average Bonchev–Trinajstić information content (AvgIpc) is 3.29. The van der Waals surface area contributed by atoms with Crippen molar-refractivity contribution in [3.05, 3.63) is 0 Å². The zero-order valence-electron chi connectivity index (χ0n) is 63.4. The smallest absolute Gasteiger partial charge is 0.245 e. The molecule has 0 heterocycles. The molecule has 0 rings (SSSR count). The largest absolute Gasteiger partial charge is 0.418 e. The highest BCUT2D eigenvalue weighted by atomic mass is 35.7. The highest BCUT2D eigenvalue weighted by Crippen LogP contribution is 2.24. The van der Waals surface area contributed by atoms with Gasteiger partial charge in [0.2, 0.25) is 6.69 Å². The van der Waals surface area contributed by atoms with Crippen LogP contribution in [-0.2, 0) is 4.43 Å². The van der Waals surface area contributed by atoms with Crippen LogP contribution in [-0.4, -0.2) is 142 Å². The summed E-state index contributed by atoms with van der Waals surface area (Å²) in [5, 5.41) is 9.22. The van der Waals surface area contributed by atoms with Gasteiger partial charge in [0, 0.05) is 62.4 Å². The zero-order chi connectivity index (χ0) is 76.0. The molecule has 6 atom stereocenters. The van der Waals surface area contributed by atoms with E-state index in [0.717, 1.165) is 93.4 Å². The van der Waals surface area contributed by atoms with Gasteiger partial charge in [0.15, 0.2) is 52.6 Å². The fraction of sp³-hybridized carbons (Fsp3) is 1.00. The summed E-state index contributed by atoms with van der Waals surface area (Å²) in [4.78, 5) is 0. The highest BCUT2D eigenvalue weighted by Gasteiger charge is 2.27. The molecule has 0 aromatic rings. The molecule has 0 aliphatic rings. The maximum atomic E-state index is 7.57. The molecule has 0 amide bonds. The Morgan fingerprint density at radius 1 is 0.322 bits per heavy atom. The van der Waals surface area contributed by atoms with Crippen molar-refractivity contribution in [1.29, 1.82) is 0 Å². The number of hydrogen-bond donors (Lipinski definition) is 1. The molecule has 2 nitrogen and oxygen atoms in total. The highest BCUT2D eigenvalue weighted by molar-refractivity contribution is 7.44. The first kappa shape index (κ1) is 127. The van der Waals surface area contributed by atoms with E-state index >= 15 is 0 Å². The zero-order valence-corrected chi connectivity index (χ0v) is 87.7. The number of aliphatic hydroxyl groups excluding tert-OH is 1. The van der Waals surface area contributed by atoms with E-state index in [4.69, 9.17) is 225 Å². The van der Waals surface area contributed by atoms with Crippen LogP contribution >= 0.6 is 215 Å². The summed E-state index contributed by atoms with van der Waals surface area (Å²) in [6.07, 6.45) is 9.85. The van der Waals surface area contributed by atoms with Gasteiger partial charge in [-0.1, -0.05) is 159 Å². The quantitative estimate of drug-likeness (QED) is 0.0561. The number of hydrogen-bond acceptors (Lipinski definition) is 2. The van der Waals surface area contributed by atoms with Gasteiger partial charge in [0.1, 0.15) is 14.8 Å². The van der Waals surface area contributed by atoms with Crippen LogP contribution < -0.4 is 0 Å². The van der Waals surface area contributed by atoms with Crippen molar-refractivity contribution < 1.29 is 9.53 Å². The number of rotatable bonds is 25. The Bertz CT molecular complexity index is 1260. The van der Waals surface area contributed by atoms with Gasteiger partial charge in [-0.3, -0.25) is 0 Å². The third-order valence-corrected chi connectivity index (χ3v) is 37.4. The van der Waals surface area contributed by atoms with Crippen LogP contribution in [0.15, 0.2) is 0 Å². The summed E-state index contributed by atoms with van der Waals surface area (Å²) in [5.41, 5.74) is 0. The molecule has 0 bridgehead atoms.